The monoisotopic (exact) mass is 308 g/mol. The molecule has 6 heteroatoms. The minimum absolute atomic E-state index is 0.0668. The quantitative estimate of drug-likeness (QED) is 0.752. The minimum atomic E-state index is -0.920. The molecule has 4 nitrogen and oxygen atoms in total. The van der Waals surface area contributed by atoms with Gasteiger partial charge >= 0.3 is 6.03 Å². The smallest absolute Gasteiger partial charge is 0.319 e. The Labute approximate surface area is 127 Å². The van der Waals surface area contributed by atoms with Crippen molar-refractivity contribution in [3.05, 3.63) is 29.3 Å². The van der Waals surface area contributed by atoms with Crippen molar-refractivity contribution in [3.63, 3.8) is 0 Å². The van der Waals surface area contributed by atoms with Crippen molar-refractivity contribution < 1.29 is 18.7 Å². The summed E-state index contributed by atoms with van der Waals surface area (Å²) < 4.78 is 27.4. The van der Waals surface area contributed by atoms with Gasteiger partial charge in [-0.25, -0.2) is 13.6 Å². The highest BCUT2D eigenvalue weighted by Gasteiger charge is 2.21. The number of hydrogen-bond donors (Lipinski definition) is 3. The van der Waals surface area contributed by atoms with E-state index in [4.69, 9.17) is 6.42 Å². The zero-order valence-corrected chi connectivity index (χ0v) is 12.0. The molecule has 0 radical (unpaired) electrons. The first-order chi connectivity index (χ1) is 10.5. The first-order valence-corrected chi connectivity index (χ1v) is 7.18. The highest BCUT2D eigenvalue weighted by molar-refractivity contribution is 5.89. The molecular weight excluding hydrogens is 290 g/mol. The minimum Gasteiger partial charge on any atom is -0.393 e. The summed E-state index contributed by atoms with van der Waals surface area (Å²) in [5.74, 6) is 0.463. The summed E-state index contributed by atoms with van der Waals surface area (Å²) in [6.45, 7) is 0.356. The largest absolute Gasteiger partial charge is 0.393 e. The Morgan fingerprint density at radius 2 is 2.05 bits per heavy atom. The van der Waals surface area contributed by atoms with Crippen molar-refractivity contribution in [3.8, 4) is 12.3 Å². The molecule has 2 atom stereocenters. The van der Waals surface area contributed by atoms with E-state index in [1.54, 1.807) is 0 Å². The molecule has 0 bridgehead atoms. The van der Waals surface area contributed by atoms with Gasteiger partial charge in [0.05, 0.1) is 6.10 Å². The third-order valence-corrected chi connectivity index (χ3v) is 3.75. The number of aliphatic hydroxyl groups excluding tert-OH is 1. The second-order valence-electron chi connectivity index (χ2n) is 5.48. The second-order valence-corrected chi connectivity index (χ2v) is 5.48. The summed E-state index contributed by atoms with van der Waals surface area (Å²) in [5, 5.41) is 14.3. The van der Waals surface area contributed by atoms with Crippen LogP contribution in [0.25, 0.3) is 0 Å². The molecular formula is C16H18F2N2O2. The molecule has 1 aromatic carbocycles. The summed E-state index contributed by atoms with van der Waals surface area (Å²) in [6.07, 6.45) is 7.96. The number of amides is 2. The summed E-state index contributed by atoms with van der Waals surface area (Å²) >= 11 is 0. The predicted octanol–water partition coefficient (Wildman–Crippen LogP) is 2.62. The summed E-state index contributed by atoms with van der Waals surface area (Å²) in [7, 11) is 0. The average molecular weight is 308 g/mol. The van der Waals surface area contributed by atoms with Crippen molar-refractivity contribution in [2.75, 3.05) is 11.9 Å². The molecule has 0 spiro atoms. The molecule has 22 heavy (non-hydrogen) atoms. The fourth-order valence-corrected chi connectivity index (χ4v) is 2.62. The molecule has 0 saturated heterocycles. The van der Waals surface area contributed by atoms with Crippen LogP contribution in [-0.2, 0) is 0 Å². The Bertz CT molecular complexity index is 575. The van der Waals surface area contributed by atoms with E-state index >= 15 is 0 Å². The number of aliphatic hydroxyl groups is 1. The first kappa shape index (κ1) is 16.2. The number of anilines is 1. The van der Waals surface area contributed by atoms with Gasteiger partial charge in [0.2, 0.25) is 0 Å². The van der Waals surface area contributed by atoms with Gasteiger partial charge in [0.25, 0.3) is 0 Å². The number of halogens is 2. The van der Waals surface area contributed by atoms with Crippen LogP contribution < -0.4 is 10.6 Å². The molecule has 1 aromatic rings. The van der Waals surface area contributed by atoms with Crippen molar-refractivity contribution in [2.45, 2.75) is 31.8 Å². The maximum atomic E-state index is 13.7. The zero-order chi connectivity index (χ0) is 16.1. The van der Waals surface area contributed by atoms with Crippen LogP contribution in [0.4, 0.5) is 19.3 Å². The highest BCUT2D eigenvalue weighted by atomic mass is 19.1. The van der Waals surface area contributed by atoms with Gasteiger partial charge in [0.15, 0.2) is 11.6 Å². The first-order valence-electron chi connectivity index (χ1n) is 7.18. The van der Waals surface area contributed by atoms with Crippen LogP contribution in [0.15, 0.2) is 12.1 Å². The van der Waals surface area contributed by atoms with Crippen LogP contribution in [0.3, 0.4) is 0 Å². The maximum absolute atomic E-state index is 13.7. The molecule has 1 aliphatic rings. The molecule has 2 unspecified atom stereocenters. The van der Waals surface area contributed by atoms with Crippen LogP contribution in [-0.4, -0.2) is 23.8 Å². The molecule has 1 fully saturated rings. The van der Waals surface area contributed by atoms with E-state index in [1.165, 1.54) is 0 Å². The Morgan fingerprint density at radius 1 is 1.36 bits per heavy atom. The number of carbonyl (C=O) groups is 1. The molecule has 1 saturated carbocycles. The van der Waals surface area contributed by atoms with E-state index in [0.29, 0.717) is 13.0 Å². The number of hydrogen-bond acceptors (Lipinski definition) is 2. The van der Waals surface area contributed by atoms with Gasteiger partial charge in [0.1, 0.15) is 5.69 Å². The third kappa shape index (κ3) is 4.18. The molecule has 2 rings (SSSR count). The molecule has 2 amide bonds. The second kappa shape index (κ2) is 7.23. The van der Waals surface area contributed by atoms with E-state index in [-0.39, 0.29) is 17.6 Å². The maximum Gasteiger partial charge on any atom is 0.319 e. The van der Waals surface area contributed by atoms with Gasteiger partial charge in [-0.05, 0) is 37.3 Å². The summed E-state index contributed by atoms with van der Waals surface area (Å²) in [4.78, 5) is 11.7. The SMILES string of the molecule is C#Cc1cc(F)c(NC(=O)NCC2CCCC(O)C2)c(F)c1. The lowest BCUT2D eigenvalue weighted by Gasteiger charge is -2.25. The van der Waals surface area contributed by atoms with Gasteiger partial charge in [-0.1, -0.05) is 12.3 Å². The van der Waals surface area contributed by atoms with Crippen molar-refractivity contribution in [1.82, 2.24) is 5.32 Å². The Hall–Kier alpha value is -2.13. The predicted molar refractivity (Wildman–Crippen MR) is 79.3 cm³/mol. The molecule has 3 N–H and O–H groups in total. The standard InChI is InChI=1S/C16H18F2N2O2/c1-2-10-7-13(17)15(14(18)8-10)20-16(22)19-9-11-4-3-5-12(21)6-11/h1,7-8,11-12,21H,3-6,9H2,(H2,19,20,22). The van der Waals surface area contributed by atoms with Crippen LogP contribution in [0, 0.1) is 29.9 Å². The van der Waals surface area contributed by atoms with E-state index in [2.05, 4.69) is 16.6 Å². The van der Waals surface area contributed by atoms with E-state index < -0.39 is 23.4 Å². The molecule has 0 aromatic heterocycles. The van der Waals surface area contributed by atoms with E-state index in [0.717, 1.165) is 31.4 Å². The van der Waals surface area contributed by atoms with Crippen molar-refractivity contribution >= 4 is 11.7 Å². The van der Waals surface area contributed by atoms with Gasteiger partial charge in [-0.3, -0.25) is 0 Å². The Balaban J connectivity index is 1.91. The molecule has 1 aliphatic carbocycles. The van der Waals surface area contributed by atoms with Crippen LogP contribution in [0.2, 0.25) is 0 Å². The Kier molecular flexibility index (Phi) is 5.34. The third-order valence-electron chi connectivity index (χ3n) is 3.75. The van der Waals surface area contributed by atoms with Crippen LogP contribution in [0.5, 0.6) is 0 Å². The fourth-order valence-electron chi connectivity index (χ4n) is 2.62. The lowest BCUT2D eigenvalue weighted by molar-refractivity contribution is 0.101. The topological polar surface area (TPSA) is 61.4 Å². The zero-order valence-electron chi connectivity index (χ0n) is 12.0. The number of carbonyl (C=O) groups excluding carboxylic acids is 1. The Morgan fingerprint density at radius 3 is 2.64 bits per heavy atom. The lowest BCUT2D eigenvalue weighted by atomic mass is 9.87. The molecule has 118 valence electrons. The van der Waals surface area contributed by atoms with Crippen molar-refractivity contribution in [1.29, 1.82) is 0 Å². The molecule has 0 heterocycles. The number of terminal acetylenes is 1. The summed E-state index contributed by atoms with van der Waals surface area (Å²) in [5.41, 5.74) is -0.461. The summed E-state index contributed by atoms with van der Waals surface area (Å²) in [6, 6.07) is 1.28. The number of rotatable bonds is 3. The van der Waals surface area contributed by atoms with E-state index in [9.17, 15) is 18.7 Å². The van der Waals surface area contributed by atoms with Gasteiger partial charge in [0, 0.05) is 12.1 Å². The van der Waals surface area contributed by atoms with Gasteiger partial charge < -0.3 is 15.7 Å². The average Bonchev–Trinajstić information content (AvgIpc) is 2.48. The lowest BCUT2D eigenvalue weighted by Crippen LogP contribution is -2.36. The highest BCUT2D eigenvalue weighted by Crippen LogP contribution is 2.24. The van der Waals surface area contributed by atoms with Crippen molar-refractivity contribution in [2.24, 2.45) is 5.92 Å². The van der Waals surface area contributed by atoms with Crippen LogP contribution in [0.1, 0.15) is 31.2 Å². The number of benzene rings is 1. The normalized spacial score (nSPS) is 21.0. The van der Waals surface area contributed by atoms with Crippen LogP contribution >= 0.6 is 0 Å². The van der Waals surface area contributed by atoms with Gasteiger partial charge in [-0.2, -0.15) is 0 Å². The molecule has 0 aliphatic heterocycles. The van der Waals surface area contributed by atoms with E-state index in [1.807, 2.05) is 0 Å². The number of urea groups is 1. The number of nitrogens with one attached hydrogen (secondary N) is 2. The fraction of sp³-hybridized carbons (Fsp3) is 0.438. The van der Waals surface area contributed by atoms with Gasteiger partial charge in [-0.15, -0.1) is 6.42 Å².